The van der Waals surface area contributed by atoms with E-state index in [0.717, 1.165) is 18.0 Å². The van der Waals surface area contributed by atoms with E-state index in [4.69, 9.17) is 0 Å². The van der Waals surface area contributed by atoms with E-state index in [0.29, 0.717) is 5.92 Å². The molecule has 0 unspecified atom stereocenters. The lowest BCUT2D eigenvalue weighted by Gasteiger charge is -2.28. The van der Waals surface area contributed by atoms with Crippen molar-refractivity contribution >= 4 is 11.6 Å². The minimum Gasteiger partial charge on any atom is -0.316 e. The molecular formula is C15H18N2. The van der Waals surface area contributed by atoms with E-state index >= 15 is 0 Å². The molecule has 1 saturated heterocycles. The van der Waals surface area contributed by atoms with Gasteiger partial charge in [0.1, 0.15) is 0 Å². The van der Waals surface area contributed by atoms with Crippen molar-refractivity contribution in [2.45, 2.75) is 12.8 Å². The number of rotatable bonds is 2. The number of nitrogens with zero attached hydrogens (tertiary/aromatic N) is 1. The van der Waals surface area contributed by atoms with Gasteiger partial charge in [-0.05, 0) is 54.0 Å². The Morgan fingerprint density at radius 3 is 3.24 bits per heavy atom. The Balaban J connectivity index is 1.90. The van der Waals surface area contributed by atoms with Crippen molar-refractivity contribution in [1.29, 1.82) is 0 Å². The summed E-state index contributed by atoms with van der Waals surface area (Å²) < 4.78 is 0. The summed E-state index contributed by atoms with van der Waals surface area (Å²) >= 11 is 0. The summed E-state index contributed by atoms with van der Waals surface area (Å²) in [5.41, 5.74) is 3.87. The highest BCUT2D eigenvalue weighted by Crippen LogP contribution is 2.40. The lowest BCUT2D eigenvalue weighted by molar-refractivity contribution is 0.328. The Morgan fingerprint density at radius 1 is 1.41 bits per heavy atom. The zero-order valence-electron chi connectivity index (χ0n) is 10.0. The van der Waals surface area contributed by atoms with E-state index in [1.54, 1.807) is 0 Å². The quantitative estimate of drug-likeness (QED) is 0.838. The third-order valence-electron chi connectivity index (χ3n) is 3.99. The van der Waals surface area contributed by atoms with E-state index in [2.05, 4.69) is 29.0 Å². The van der Waals surface area contributed by atoms with Gasteiger partial charge in [0.2, 0.25) is 0 Å². The second kappa shape index (κ2) is 4.46. The first-order chi connectivity index (χ1) is 8.38. The van der Waals surface area contributed by atoms with Gasteiger partial charge < -0.3 is 5.32 Å². The van der Waals surface area contributed by atoms with Crippen LogP contribution in [-0.2, 0) is 0 Å². The Labute approximate surface area is 102 Å². The maximum atomic E-state index is 4.31. The summed E-state index contributed by atoms with van der Waals surface area (Å²) in [5, 5.41) is 3.50. The Hall–Kier alpha value is -1.41. The van der Waals surface area contributed by atoms with Gasteiger partial charge in [-0.1, -0.05) is 18.7 Å². The van der Waals surface area contributed by atoms with Gasteiger partial charge in [0, 0.05) is 18.9 Å². The molecule has 0 aromatic carbocycles. The molecule has 0 amide bonds. The zero-order valence-corrected chi connectivity index (χ0v) is 10.0. The SMILES string of the molecule is C=Cc1cncc(C2=CC[C@@H]3CCNC[C@H]23)c1. The summed E-state index contributed by atoms with van der Waals surface area (Å²) in [5.74, 6) is 1.53. The number of pyridine rings is 1. The van der Waals surface area contributed by atoms with Crippen LogP contribution < -0.4 is 5.32 Å². The fraction of sp³-hybridized carbons (Fsp3) is 0.400. The molecule has 1 aromatic rings. The minimum atomic E-state index is 0.686. The standard InChI is InChI=1S/C15H18N2/c1-2-11-7-13(9-17-8-11)14-4-3-12-5-6-16-10-15(12)14/h2,4,7-9,12,15-16H,1,3,5-6,10H2/t12-,15+/m1/s1. The first-order valence-electron chi connectivity index (χ1n) is 6.37. The molecule has 2 aliphatic rings. The van der Waals surface area contributed by atoms with Crippen LogP contribution in [0.2, 0.25) is 0 Å². The maximum Gasteiger partial charge on any atom is 0.0343 e. The van der Waals surface area contributed by atoms with Gasteiger partial charge in [0.15, 0.2) is 0 Å². The Kier molecular flexibility index (Phi) is 2.81. The summed E-state index contributed by atoms with van der Waals surface area (Å²) in [7, 11) is 0. The molecular weight excluding hydrogens is 208 g/mol. The van der Waals surface area contributed by atoms with Crippen molar-refractivity contribution in [1.82, 2.24) is 10.3 Å². The number of nitrogens with one attached hydrogen (secondary N) is 1. The van der Waals surface area contributed by atoms with Gasteiger partial charge in [-0.2, -0.15) is 0 Å². The highest BCUT2D eigenvalue weighted by molar-refractivity contribution is 5.71. The van der Waals surface area contributed by atoms with E-state index in [1.165, 1.54) is 30.5 Å². The van der Waals surface area contributed by atoms with Gasteiger partial charge in [0.25, 0.3) is 0 Å². The smallest absolute Gasteiger partial charge is 0.0343 e. The van der Waals surface area contributed by atoms with E-state index in [1.807, 2.05) is 18.5 Å². The highest BCUT2D eigenvalue weighted by Gasteiger charge is 2.32. The largest absolute Gasteiger partial charge is 0.316 e. The number of hydrogen-bond acceptors (Lipinski definition) is 2. The average molecular weight is 226 g/mol. The van der Waals surface area contributed by atoms with Gasteiger partial charge in [0.05, 0.1) is 0 Å². The predicted molar refractivity (Wildman–Crippen MR) is 71.4 cm³/mol. The molecule has 17 heavy (non-hydrogen) atoms. The van der Waals surface area contributed by atoms with E-state index in [9.17, 15) is 0 Å². The second-order valence-corrected chi connectivity index (χ2v) is 4.97. The first kappa shape index (κ1) is 10.7. The van der Waals surface area contributed by atoms with E-state index in [-0.39, 0.29) is 0 Å². The molecule has 1 N–H and O–H groups in total. The summed E-state index contributed by atoms with van der Waals surface area (Å²) in [6, 6.07) is 2.20. The number of piperidine rings is 1. The maximum absolute atomic E-state index is 4.31. The zero-order chi connectivity index (χ0) is 11.7. The van der Waals surface area contributed by atoms with Crippen molar-refractivity contribution in [2.75, 3.05) is 13.1 Å². The van der Waals surface area contributed by atoms with Crippen LogP contribution in [0.25, 0.3) is 11.6 Å². The van der Waals surface area contributed by atoms with Gasteiger partial charge >= 0.3 is 0 Å². The van der Waals surface area contributed by atoms with E-state index < -0.39 is 0 Å². The highest BCUT2D eigenvalue weighted by atomic mass is 14.9. The molecule has 0 spiro atoms. The fourth-order valence-electron chi connectivity index (χ4n) is 3.05. The van der Waals surface area contributed by atoms with Crippen LogP contribution in [0.15, 0.2) is 31.1 Å². The number of hydrogen-bond donors (Lipinski definition) is 1. The molecule has 0 bridgehead atoms. The molecule has 88 valence electrons. The molecule has 3 rings (SSSR count). The van der Waals surface area contributed by atoms with Crippen LogP contribution in [0.1, 0.15) is 24.0 Å². The van der Waals surface area contributed by atoms with Crippen molar-refractivity contribution in [3.63, 3.8) is 0 Å². The molecule has 2 heterocycles. The Morgan fingerprint density at radius 2 is 2.35 bits per heavy atom. The monoisotopic (exact) mass is 226 g/mol. The molecule has 1 aromatic heterocycles. The average Bonchev–Trinajstić information content (AvgIpc) is 2.82. The molecule has 0 saturated carbocycles. The molecule has 2 heteroatoms. The Bertz CT molecular complexity index is 462. The third-order valence-corrected chi connectivity index (χ3v) is 3.99. The van der Waals surface area contributed by atoms with Crippen LogP contribution in [-0.4, -0.2) is 18.1 Å². The van der Waals surface area contributed by atoms with Crippen molar-refractivity contribution in [3.8, 4) is 0 Å². The molecule has 2 atom stereocenters. The molecule has 1 fully saturated rings. The third kappa shape index (κ3) is 1.93. The van der Waals surface area contributed by atoms with Crippen molar-refractivity contribution in [2.24, 2.45) is 11.8 Å². The number of aromatic nitrogens is 1. The normalized spacial score (nSPS) is 27.4. The number of allylic oxidation sites excluding steroid dienone is 1. The van der Waals surface area contributed by atoms with Crippen LogP contribution >= 0.6 is 0 Å². The fourth-order valence-corrected chi connectivity index (χ4v) is 3.05. The topological polar surface area (TPSA) is 24.9 Å². The molecule has 2 nitrogen and oxygen atoms in total. The van der Waals surface area contributed by atoms with Crippen LogP contribution in [0.3, 0.4) is 0 Å². The molecule has 1 aliphatic carbocycles. The number of fused-ring (bicyclic) bond motifs is 1. The van der Waals surface area contributed by atoms with Gasteiger partial charge in [-0.3, -0.25) is 4.98 Å². The van der Waals surface area contributed by atoms with Crippen molar-refractivity contribution < 1.29 is 0 Å². The lowest BCUT2D eigenvalue weighted by Crippen LogP contribution is -2.34. The summed E-state index contributed by atoms with van der Waals surface area (Å²) in [4.78, 5) is 4.31. The van der Waals surface area contributed by atoms with Crippen LogP contribution in [0, 0.1) is 11.8 Å². The minimum absolute atomic E-state index is 0.686. The summed E-state index contributed by atoms with van der Waals surface area (Å²) in [6.45, 7) is 6.10. The first-order valence-corrected chi connectivity index (χ1v) is 6.37. The van der Waals surface area contributed by atoms with Gasteiger partial charge in [-0.25, -0.2) is 0 Å². The van der Waals surface area contributed by atoms with Crippen molar-refractivity contribution in [3.05, 3.63) is 42.2 Å². The predicted octanol–water partition coefficient (Wildman–Crippen LogP) is 2.74. The van der Waals surface area contributed by atoms with Crippen LogP contribution in [0.4, 0.5) is 0 Å². The van der Waals surface area contributed by atoms with Gasteiger partial charge in [-0.15, -0.1) is 0 Å². The lowest BCUT2D eigenvalue weighted by atomic mass is 9.84. The summed E-state index contributed by atoms with van der Waals surface area (Å²) in [6.07, 6.45) is 10.7. The molecule has 0 radical (unpaired) electrons. The molecule has 1 aliphatic heterocycles. The van der Waals surface area contributed by atoms with Crippen LogP contribution in [0.5, 0.6) is 0 Å². The second-order valence-electron chi connectivity index (χ2n) is 4.97.